The standard InChI is InChI=1S/C13H21N3O2/c1-2-9-17-11(4-1)13-16-15-12(18-13)5-3-8-14-10-6-7-10/h10-11,14H,1-9H2. The van der Waals surface area contributed by atoms with Crippen LogP contribution in [0.25, 0.3) is 0 Å². The Balaban J connectivity index is 1.43. The molecule has 1 N–H and O–H groups in total. The SMILES string of the molecule is C1CCC(c2nnc(CCCNC3CC3)o2)OC1. The summed E-state index contributed by atoms with van der Waals surface area (Å²) in [6.45, 7) is 1.86. The molecule has 0 spiro atoms. The monoisotopic (exact) mass is 251 g/mol. The van der Waals surface area contributed by atoms with E-state index in [9.17, 15) is 0 Å². The average Bonchev–Trinajstić information content (AvgIpc) is 3.12. The highest BCUT2D eigenvalue weighted by Gasteiger charge is 2.22. The van der Waals surface area contributed by atoms with Crippen molar-refractivity contribution in [2.75, 3.05) is 13.2 Å². The van der Waals surface area contributed by atoms with Crippen molar-refractivity contribution in [1.82, 2.24) is 15.5 Å². The van der Waals surface area contributed by atoms with Gasteiger partial charge in [-0.05, 0) is 45.1 Å². The van der Waals surface area contributed by atoms with Crippen LogP contribution >= 0.6 is 0 Å². The molecule has 1 saturated carbocycles. The first-order valence-corrected chi connectivity index (χ1v) is 7.09. The smallest absolute Gasteiger partial charge is 0.245 e. The van der Waals surface area contributed by atoms with Gasteiger partial charge in [-0.2, -0.15) is 0 Å². The lowest BCUT2D eigenvalue weighted by Gasteiger charge is -2.18. The molecular formula is C13H21N3O2. The summed E-state index contributed by atoms with van der Waals surface area (Å²) in [5.41, 5.74) is 0. The molecule has 1 aromatic heterocycles. The normalized spacial score (nSPS) is 24.3. The number of aryl methyl sites for hydroxylation is 1. The maximum Gasteiger partial charge on any atom is 0.245 e. The lowest BCUT2D eigenvalue weighted by molar-refractivity contribution is -0.00211. The van der Waals surface area contributed by atoms with Crippen molar-refractivity contribution in [3.8, 4) is 0 Å². The van der Waals surface area contributed by atoms with E-state index in [1.165, 1.54) is 19.3 Å². The summed E-state index contributed by atoms with van der Waals surface area (Å²) in [6.07, 6.45) is 7.96. The molecule has 18 heavy (non-hydrogen) atoms. The van der Waals surface area contributed by atoms with E-state index in [1.807, 2.05) is 0 Å². The summed E-state index contributed by atoms with van der Waals surface area (Å²) < 4.78 is 11.3. The number of ether oxygens (including phenoxy) is 1. The molecule has 0 bridgehead atoms. The van der Waals surface area contributed by atoms with Crippen molar-refractivity contribution in [2.45, 2.75) is 57.1 Å². The largest absolute Gasteiger partial charge is 0.422 e. The van der Waals surface area contributed by atoms with Crippen LogP contribution in [0.5, 0.6) is 0 Å². The van der Waals surface area contributed by atoms with Crippen molar-refractivity contribution < 1.29 is 9.15 Å². The highest BCUT2D eigenvalue weighted by atomic mass is 16.5. The van der Waals surface area contributed by atoms with Gasteiger partial charge in [0.1, 0.15) is 6.10 Å². The van der Waals surface area contributed by atoms with Crippen molar-refractivity contribution in [3.05, 3.63) is 11.8 Å². The highest BCUT2D eigenvalue weighted by molar-refractivity contribution is 4.89. The van der Waals surface area contributed by atoms with Crippen LogP contribution in [-0.4, -0.2) is 29.4 Å². The number of nitrogens with zero attached hydrogens (tertiary/aromatic N) is 2. The van der Waals surface area contributed by atoms with E-state index < -0.39 is 0 Å². The molecule has 5 nitrogen and oxygen atoms in total. The van der Waals surface area contributed by atoms with E-state index in [-0.39, 0.29) is 6.10 Å². The Bertz CT molecular complexity index is 370. The molecule has 0 amide bonds. The lowest BCUT2D eigenvalue weighted by atomic mass is 10.1. The summed E-state index contributed by atoms with van der Waals surface area (Å²) in [4.78, 5) is 0. The lowest BCUT2D eigenvalue weighted by Crippen LogP contribution is -2.17. The quantitative estimate of drug-likeness (QED) is 0.783. The first kappa shape index (κ1) is 12.1. The first-order chi connectivity index (χ1) is 8.92. The second-order valence-electron chi connectivity index (χ2n) is 5.22. The number of rotatable bonds is 6. The number of hydrogen-bond donors (Lipinski definition) is 1. The molecule has 1 aliphatic carbocycles. The van der Waals surface area contributed by atoms with E-state index in [2.05, 4.69) is 15.5 Å². The van der Waals surface area contributed by atoms with Crippen molar-refractivity contribution in [3.63, 3.8) is 0 Å². The molecule has 2 fully saturated rings. The summed E-state index contributed by atoms with van der Waals surface area (Å²) in [7, 11) is 0. The Hall–Kier alpha value is -0.940. The molecule has 2 aliphatic rings. The molecule has 3 rings (SSSR count). The van der Waals surface area contributed by atoms with Crippen LogP contribution in [0, 0.1) is 0 Å². The van der Waals surface area contributed by atoms with Crippen LogP contribution in [0.2, 0.25) is 0 Å². The number of nitrogens with one attached hydrogen (secondary N) is 1. The summed E-state index contributed by atoms with van der Waals surface area (Å²) >= 11 is 0. The predicted molar refractivity (Wildman–Crippen MR) is 66.2 cm³/mol. The second-order valence-corrected chi connectivity index (χ2v) is 5.22. The van der Waals surface area contributed by atoms with Gasteiger partial charge in [-0.15, -0.1) is 10.2 Å². The van der Waals surface area contributed by atoms with Gasteiger partial charge in [0, 0.05) is 19.1 Å². The molecule has 1 unspecified atom stereocenters. The molecule has 0 radical (unpaired) electrons. The van der Waals surface area contributed by atoms with Gasteiger partial charge in [-0.3, -0.25) is 0 Å². The molecule has 5 heteroatoms. The molecule has 1 aliphatic heterocycles. The zero-order valence-corrected chi connectivity index (χ0v) is 10.7. The summed E-state index contributed by atoms with van der Waals surface area (Å²) in [5.74, 6) is 1.41. The fraction of sp³-hybridized carbons (Fsp3) is 0.846. The van der Waals surface area contributed by atoms with Gasteiger partial charge in [0.05, 0.1) is 0 Å². The molecule has 1 aromatic rings. The zero-order valence-electron chi connectivity index (χ0n) is 10.7. The van der Waals surface area contributed by atoms with E-state index in [0.29, 0.717) is 5.89 Å². The van der Waals surface area contributed by atoms with Crippen LogP contribution in [0.15, 0.2) is 4.42 Å². The van der Waals surface area contributed by atoms with Gasteiger partial charge in [-0.25, -0.2) is 0 Å². The third-order valence-electron chi connectivity index (χ3n) is 3.52. The Morgan fingerprint density at radius 1 is 1.17 bits per heavy atom. The predicted octanol–water partition coefficient (Wildman–Crippen LogP) is 2.00. The van der Waals surface area contributed by atoms with Gasteiger partial charge in [0.15, 0.2) is 0 Å². The summed E-state index contributed by atoms with van der Waals surface area (Å²) in [5, 5.41) is 11.7. The van der Waals surface area contributed by atoms with Crippen LogP contribution < -0.4 is 5.32 Å². The van der Waals surface area contributed by atoms with E-state index in [1.54, 1.807) is 0 Å². The summed E-state index contributed by atoms with van der Waals surface area (Å²) in [6, 6.07) is 0.777. The molecule has 100 valence electrons. The Kier molecular flexibility index (Phi) is 3.90. The van der Waals surface area contributed by atoms with E-state index in [0.717, 1.165) is 50.8 Å². The van der Waals surface area contributed by atoms with Crippen LogP contribution in [0.4, 0.5) is 0 Å². The van der Waals surface area contributed by atoms with Gasteiger partial charge in [-0.1, -0.05) is 0 Å². The molecule has 1 saturated heterocycles. The third kappa shape index (κ3) is 3.29. The Morgan fingerprint density at radius 2 is 2.11 bits per heavy atom. The average molecular weight is 251 g/mol. The number of aromatic nitrogens is 2. The molecule has 2 heterocycles. The maximum atomic E-state index is 5.67. The van der Waals surface area contributed by atoms with Crippen LogP contribution in [0.3, 0.4) is 0 Å². The molecular weight excluding hydrogens is 230 g/mol. The van der Waals surface area contributed by atoms with Gasteiger partial charge in [0.25, 0.3) is 0 Å². The fourth-order valence-corrected chi connectivity index (χ4v) is 2.27. The van der Waals surface area contributed by atoms with Crippen molar-refractivity contribution in [1.29, 1.82) is 0 Å². The van der Waals surface area contributed by atoms with Gasteiger partial charge < -0.3 is 14.5 Å². The van der Waals surface area contributed by atoms with Gasteiger partial charge in [0.2, 0.25) is 11.8 Å². The van der Waals surface area contributed by atoms with E-state index in [4.69, 9.17) is 9.15 Å². The topological polar surface area (TPSA) is 60.2 Å². The Labute approximate surface area is 107 Å². The molecule has 1 atom stereocenters. The van der Waals surface area contributed by atoms with Crippen molar-refractivity contribution >= 4 is 0 Å². The highest BCUT2D eigenvalue weighted by Crippen LogP contribution is 2.26. The Morgan fingerprint density at radius 3 is 2.89 bits per heavy atom. The zero-order chi connectivity index (χ0) is 12.2. The van der Waals surface area contributed by atoms with E-state index >= 15 is 0 Å². The van der Waals surface area contributed by atoms with Crippen LogP contribution in [-0.2, 0) is 11.2 Å². The van der Waals surface area contributed by atoms with Crippen LogP contribution in [0.1, 0.15) is 56.4 Å². The number of hydrogen-bond acceptors (Lipinski definition) is 5. The minimum atomic E-state index is 0.0320. The van der Waals surface area contributed by atoms with Crippen molar-refractivity contribution in [2.24, 2.45) is 0 Å². The van der Waals surface area contributed by atoms with Gasteiger partial charge >= 0.3 is 0 Å². The minimum Gasteiger partial charge on any atom is -0.422 e. The minimum absolute atomic E-state index is 0.0320. The first-order valence-electron chi connectivity index (χ1n) is 7.09. The third-order valence-corrected chi connectivity index (χ3v) is 3.52. The second kappa shape index (κ2) is 5.80. The fourth-order valence-electron chi connectivity index (χ4n) is 2.27. The maximum absolute atomic E-state index is 5.67. The molecule has 0 aromatic carbocycles.